The van der Waals surface area contributed by atoms with Crippen LogP contribution >= 0.6 is 11.6 Å². The molecule has 0 unspecified atom stereocenters. The standard InChI is InChI=1S/C22H19ClN2O3/c1-13(21(26)25-19-11-5-3-9-16(19)23)28-22(27)20-14-7-2-4-10-17(14)24-18-12-6-8-15(18)20/h2-5,7,9-11,13H,6,8,12H2,1H3,(H,25,26)/t13-/m0/s1. The fraction of sp³-hybridized carbons (Fsp3) is 0.227. The summed E-state index contributed by atoms with van der Waals surface area (Å²) in [6, 6.07) is 14.4. The van der Waals surface area contributed by atoms with Crippen LogP contribution in [0.15, 0.2) is 48.5 Å². The summed E-state index contributed by atoms with van der Waals surface area (Å²) in [5.41, 5.74) is 3.65. The lowest BCUT2D eigenvalue weighted by Gasteiger charge is -2.16. The molecule has 0 saturated carbocycles. The van der Waals surface area contributed by atoms with Crippen LogP contribution in [0.1, 0.15) is 35.0 Å². The van der Waals surface area contributed by atoms with Gasteiger partial charge < -0.3 is 10.1 Å². The predicted octanol–water partition coefficient (Wildman–Crippen LogP) is 4.56. The van der Waals surface area contributed by atoms with Gasteiger partial charge in [0.15, 0.2) is 6.10 Å². The highest BCUT2D eigenvalue weighted by Crippen LogP contribution is 2.30. The Morgan fingerprint density at radius 1 is 1.11 bits per heavy atom. The van der Waals surface area contributed by atoms with Crippen molar-refractivity contribution in [3.8, 4) is 0 Å². The number of esters is 1. The first-order valence-corrected chi connectivity index (χ1v) is 9.59. The fourth-order valence-electron chi connectivity index (χ4n) is 3.51. The van der Waals surface area contributed by atoms with Gasteiger partial charge in [0.25, 0.3) is 5.91 Å². The van der Waals surface area contributed by atoms with Crippen molar-refractivity contribution in [2.75, 3.05) is 5.32 Å². The minimum atomic E-state index is -0.965. The first-order valence-electron chi connectivity index (χ1n) is 9.21. The van der Waals surface area contributed by atoms with Gasteiger partial charge in [-0.2, -0.15) is 0 Å². The number of hydrogen-bond donors (Lipinski definition) is 1. The lowest BCUT2D eigenvalue weighted by molar-refractivity contribution is -0.123. The molecule has 4 rings (SSSR count). The number of pyridine rings is 1. The number of fused-ring (bicyclic) bond motifs is 2. The van der Waals surface area contributed by atoms with Crippen molar-refractivity contribution in [3.63, 3.8) is 0 Å². The Morgan fingerprint density at radius 2 is 1.86 bits per heavy atom. The van der Waals surface area contributed by atoms with Crippen LogP contribution in [0.2, 0.25) is 5.02 Å². The molecule has 2 aromatic carbocycles. The molecule has 142 valence electrons. The second-order valence-corrected chi connectivity index (χ2v) is 7.21. The minimum absolute atomic E-state index is 0.423. The van der Waals surface area contributed by atoms with Crippen LogP contribution < -0.4 is 5.32 Å². The highest BCUT2D eigenvalue weighted by Gasteiger charge is 2.27. The van der Waals surface area contributed by atoms with Crippen LogP contribution in [-0.2, 0) is 22.4 Å². The second-order valence-electron chi connectivity index (χ2n) is 6.80. The summed E-state index contributed by atoms with van der Waals surface area (Å²) < 4.78 is 5.52. The van der Waals surface area contributed by atoms with Gasteiger partial charge in [-0.05, 0) is 49.9 Å². The lowest BCUT2D eigenvalue weighted by Crippen LogP contribution is -2.30. The third-order valence-electron chi connectivity index (χ3n) is 4.91. The molecule has 3 aromatic rings. The molecule has 1 aliphatic rings. The number of rotatable bonds is 4. The molecular weight excluding hydrogens is 376 g/mol. The number of benzene rings is 2. The molecule has 1 heterocycles. The van der Waals surface area contributed by atoms with Crippen LogP contribution in [0.4, 0.5) is 5.69 Å². The van der Waals surface area contributed by atoms with E-state index in [1.54, 1.807) is 31.2 Å². The van der Waals surface area contributed by atoms with Crippen molar-refractivity contribution in [1.82, 2.24) is 4.98 Å². The smallest absolute Gasteiger partial charge is 0.339 e. The van der Waals surface area contributed by atoms with Gasteiger partial charge in [-0.25, -0.2) is 4.79 Å². The van der Waals surface area contributed by atoms with Crippen molar-refractivity contribution >= 4 is 40.1 Å². The summed E-state index contributed by atoms with van der Waals surface area (Å²) in [4.78, 5) is 30.1. The van der Waals surface area contributed by atoms with Crippen LogP contribution in [0.25, 0.3) is 10.9 Å². The molecule has 0 fully saturated rings. The third kappa shape index (κ3) is 3.45. The van der Waals surface area contributed by atoms with E-state index >= 15 is 0 Å². The summed E-state index contributed by atoms with van der Waals surface area (Å²) in [5.74, 6) is -0.935. The van der Waals surface area contributed by atoms with E-state index in [4.69, 9.17) is 16.3 Å². The normalized spacial score (nSPS) is 13.8. The van der Waals surface area contributed by atoms with Gasteiger partial charge >= 0.3 is 5.97 Å². The molecule has 0 bridgehead atoms. The molecule has 1 N–H and O–H groups in total. The maximum Gasteiger partial charge on any atom is 0.339 e. The molecule has 1 amide bonds. The van der Waals surface area contributed by atoms with E-state index in [1.807, 2.05) is 24.3 Å². The van der Waals surface area contributed by atoms with E-state index in [0.29, 0.717) is 16.3 Å². The number of nitrogens with one attached hydrogen (secondary N) is 1. The average molecular weight is 395 g/mol. The monoisotopic (exact) mass is 394 g/mol. The molecule has 1 aromatic heterocycles. The van der Waals surface area contributed by atoms with Crippen molar-refractivity contribution in [1.29, 1.82) is 0 Å². The van der Waals surface area contributed by atoms with Crippen molar-refractivity contribution in [3.05, 3.63) is 70.4 Å². The number of carbonyl (C=O) groups excluding carboxylic acids is 2. The summed E-state index contributed by atoms with van der Waals surface area (Å²) in [6.45, 7) is 1.55. The molecule has 28 heavy (non-hydrogen) atoms. The summed E-state index contributed by atoms with van der Waals surface area (Å²) in [5, 5.41) is 3.88. The molecule has 5 nitrogen and oxygen atoms in total. The number of aryl methyl sites for hydroxylation is 1. The van der Waals surface area contributed by atoms with Crippen molar-refractivity contribution < 1.29 is 14.3 Å². The zero-order chi connectivity index (χ0) is 19.7. The van der Waals surface area contributed by atoms with E-state index in [1.165, 1.54) is 0 Å². The first kappa shape index (κ1) is 18.4. The van der Waals surface area contributed by atoms with Gasteiger partial charge in [0.2, 0.25) is 0 Å². The number of carbonyl (C=O) groups is 2. The average Bonchev–Trinajstić information content (AvgIpc) is 3.15. The Balaban J connectivity index is 1.59. The summed E-state index contributed by atoms with van der Waals surface area (Å²) in [7, 11) is 0. The number of halogens is 1. The Morgan fingerprint density at radius 3 is 2.68 bits per heavy atom. The van der Waals surface area contributed by atoms with E-state index in [9.17, 15) is 9.59 Å². The van der Waals surface area contributed by atoms with E-state index in [2.05, 4.69) is 10.3 Å². The number of aromatic nitrogens is 1. The number of anilines is 1. The van der Waals surface area contributed by atoms with Crippen molar-refractivity contribution in [2.24, 2.45) is 0 Å². The molecule has 0 saturated heterocycles. The largest absolute Gasteiger partial charge is 0.449 e. The van der Waals surface area contributed by atoms with Crippen LogP contribution in [-0.4, -0.2) is 23.0 Å². The Bertz CT molecular complexity index is 1080. The molecular formula is C22H19ClN2O3. The van der Waals surface area contributed by atoms with Gasteiger partial charge in [-0.3, -0.25) is 9.78 Å². The lowest BCUT2D eigenvalue weighted by atomic mass is 10.0. The van der Waals surface area contributed by atoms with E-state index < -0.39 is 18.0 Å². The Kier molecular flexibility index (Phi) is 5.01. The highest BCUT2D eigenvalue weighted by atomic mass is 35.5. The van der Waals surface area contributed by atoms with Crippen LogP contribution in [0.5, 0.6) is 0 Å². The van der Waals surface area contributed by atoms with Crippen LogP contribution in [0, 0.1) is 0 Å². The molecule has 1 atom stereocenters. The van der Waals surface area contributed by atoms with Crippen LogP contribution in [0.3, 0.4) is 0 Å². The van der Waals surface area contributed by atoms with Gasteiger partial charge in [0.05, 0.1) is 21.8 Å². The Hall–Kier alpha value is -2.92. The first-order chi connectivity index (χ1) is 13.5. The fourth-order valence-corrected chi connectivity index (χ4v) is 3.70. The van der Waals surface area contributed by atoms with Gasteiger partial charge in [0.1, 0.15) is 0 Å². The SMILES string of the molecule is C[C@H](OC(=O)c1c2c(nc3ccccc13)CCC2)C(=O)Nc1ccccc1Cl. The third-order valence-corrected chi connectivity index (χ3v) is 5.24. The number of para-hydroxylation sites is 2. The number of ether oxygens (including phenoxy) is 1. The maximum absolute atomic E-state index is 13.0. The van der Waals surface area contributed by atoms with Crippen molar-refractivity contribution in [2.45, 2.75) is 32.3 Å². The maximum atomic E-state index is 13.0. The number of hydrogen-bond acceptors (Lipinski definition) is 4. The minimum Gasteiger partial charge on any atom is -0.449 e. The summed E-state index contributed by atoms with van der Waals surface area (Å²) in [6.07, 6.45) is 1.63. The Labute approximate surface area is 167 Å². The van der Waals surface area contributed by atoms with Gasteiger partial charge in [-0.15, -0.1) is 0 Å². The second kappa shape index (κ2) is 7.60. The zero-order valence-electron chi connectivity index (χ0n) is 15.4. The van der Waals surface area contributed by atoms with Gasteiger partial charge in [0, 0.05) is 11.1 Å². The topological polar surface area (TPSA) is 68.3 Å². The van der Waals surface area contributed by atoms with E-state index in [-0.39, 0.29) is 0 Å². The molecule has 0 aliphatic heterocycles. The van der Waals surface area contributed by atoms with Gasteiger partial charge in [-0.1, -0.05) is 41.9 Å². The number of nitrogens with zero attached hydrogens (tertiary/aromatic N) is 1. The quantitative estimate of drug-likeness (QED) is 0.658. The number of amides is 1. The summed E-state index contributed by atoms with van der Waals surface area (Å²) >= 11 is 6.07. The zero-order valence-corrected chi connectivity index (χ0v) is 16.1. The highest BCUT2D eigenvalue weighted by molar-refractivity contribution is 6.33. The predicted molar refractivity (Wildman–Crippen MR) is 109 cm³/mol. The molecule has 0 radical (unpaired) electrons. The molecule has 0 spiro atoms. The molecule has 6 heteroatoms. The van der Waals surface area contributed by atoms with E-state index in [0.717, 1.165) is 41.4 Å². The molecule has 1 aliphatic carbocycles.